The fourth-order valence-corrected chi connectivity index (χ4v) is 3.73. The van der Waals surface area contributed by atoms with Gasteiger partial charge in [-0.3, -0.25) is 9.59 Å². The Morgan fingerprint density at radius 3 is 2.41 bits per heavy atom. The Hall–Kier alpha value is -4.05. The summed E-state index contributed by atoms with van der Waals surface area (Å²) in [5.41, 5.74) is 0.505. The van der Waals surface area contributed by atoms with Gasteiger partial charge in [-0.05, 0) is 73.5 Å². The van der Waals surface area contributed by atoms with Crippen LogP contribution in [0.1, 0.15) is 28.8 Å². The van der Waals surface area contributed by atoms with Crippen LogP contribution in [0.25, 0.3) is 0 Å². The molecule has 0 aliphatic carbocycles. The van der Waals surface area contributed by atoms with Crippen molar-refractivity contribution in [1.29, 1.82) is 0 Å². The molecule has 0 spiro atoms. The van der Waals surface area contributed by atoms with E-state index in [4.69, 9.17) is 9.47 Å². The maximum atomic E-state index is 12.9. The van der Waals surface area contributed by atoms with Gasteiger partial charge in [0, 0.05) is 29.2 Å². The zero-order chi connectivity index (χ0) is 26.3. The lowest BCUT2D eigenvalue weighted by Crippen LogP contribution is -2.22. The van der Waals surface area contributed by atoms with Crippen LogP contribution in [-0.4, -0.2) is 37.7 Å². The summed E-state index contributed by atoms with van der Waals surface area (Å²) in [7, 11) is 0. The summed E-state index contributed by atoms with van der Waals surface area (Å²) in [5, 5.41) is 8.17. The molecule has 1 atom stereocenters. The Bertz CT molecular complexity index is 1230. The minimum Gasteiger partial charge on any atom is -0.491 e. The molecule has 1 unspecified atom stereocenters. The number of hydrogen-bond acceptors (Lipinski definition) is 5. The average Bonchev–Trinajstić information content (AvgIpc) is 3.41. The Labute approximate surface area is 212 Å². The summed E-state index contributed by atoms with van der Waals surface area (Å²) >= 11 is 0. The van der Waals surface area contributed by atoms with Gasteiger partial charge in [0.25, 0.3) is 5.91 Å². The highest BCUT2D eigenvalue weighted by Crippen LogP contribution is 2.30. The Balaban J connectivity index is 1.26. The van der Waals surface area contributed by atoms with Crippen molar-refractivity contribution in [2.24, 2.45) is 0 Å². The van der Waals surface area contributed by atoms with E-state index in [9.17, 15) is 22.8 Å². The second-order valence-electron chi connectivity index (χ2n) is 8.49. The van der Waals surface area contributed by atoms with Gasteiger partial charge >= 0.3 is 6.18 Å². The first-order chi connectivity index (χ1) is 17.8. The van der Waals surface area contributed by atoms with Crippen LogP contribution in [0.2, 0.25) is 0 Å². The minimum absolute atomic E-state index is 0.0286. The van der Waals surface area contributed by atoms with Gasteiger partial charge in [0.1, 0.15) is 12.4 Å². The first-order valence-electron chi connectivity index (χ1n) is 11.7. The summed E-state index contributed by atoms with van der Waals surface area (Å²) < 4.78 is 50.0. The van der Waals surface area contributed by atoms with Gasteiger partial charge in [-0.15, -0.1) is 0 Å². The van der Waals surface area contributed by atoms with E-state index in [-0.39, 0.29) is 29.8 Å². The molecule has 0 radical (unpaired) electrons. The largest absolute Gasteiger partial charge is 0.491 e. The van der Waals surface area contributed by atoms with Crippen molar-refractivity contribution < 1.29 is 32.2 Å². The fraction of sp³-hybridized carbons (Fsp3) is 0.259. The van der Waals surface area contributed by atoms with E-state index in [1.807, 2.05) is 0 Å². The maximum Gasteiger partial charge on any atom is 0.416 e. The third kappa shape index (κ3) is 7.71. The molecule has 3 aromatic carbocycles. The average molecular weight is 514 g/mol. The second-order valence-corrected chi connectivity index (χ2v) is 8.49. The molecule has 4 rings (SSSR count). The highest BCUT2D eigenvalue weighted by molar-refractivity contribution is 6.05. The molecule has 7 nitrogen and oxygen atoms in total. The van der Waals surface area contributed by atoms with Crippen LogP contribution in [0.3, 0.4) is 0 Å². The third-order valence-electron chi connectivity index (χ3n) is 5.62. The number of anilines is 3. The van der Waals surface area contributed by atoms with Gasteiger partial charge in [0.15, 0.2) is 0 Å². The molecule has 1 fully saturated rings. The zero-order valence-electron chi connectivity index (χ0n) is 19.8. The van der Waals surface area contributed by atoms with E-state index in [0.717, 1.165) is 31.6 Å². The number of hydrogen-bond donors (Lipinski definition) is 3. The Kier molecular flexibility index (Phi) is 8.29. The number of ether oxygens (including phenoxy) is 2. The molecular formula is C27H26F3N3O4. The van der Waals surface area contributed by atoms with Gasteiger partial charge in [0.2, 0.25) is 5.91 Å². The number of halogens is 3. The lowest BCUT2D eigenvalue weighted by Gasteiger charge is -2.12. The lowest BCUT2D eigenvalue weighted by molar-refractivity contribution is -0.137. The Morgan fingerprint density at radius 1 is 0.919 bits per heavy atom. The normalized spacial score (nSPS) is 15.2. The second kappa shape index (κ2) is 11.8. The van der Waals surface area contributed by atoms with Gasteiger partial charge in [-0.25, -0.2) is 0 Å². The molecule has 3 N–H and O–H groups in total. The number of nitrogens with one attached hydrogen (secondary N) is 3. The first-order valence-corrected chi connectivity index (χ1v) is 11.7. The van der Waals surface area contributed by atoms with Gasteiger partial charge in [-0.2, -0.15) is 13.2 Å². The predicted molar refractivity (Wildman–Crippen MR) is 134 cm³/mol. The molecular weight excluding hydrogens is 487 g/mol. The maximum absolute atomic E-state index is 12.9. The Morgan fingerprint density at radius 2 is 1.68 bits per heavy atom. The van der Waals surface area contributed by atoms with E-state index in [0.29, 0.717) is 23.7 Å². The monoisotopic (exact) mass is 513 g/mol. The van der Waals surface area contributed by atoms with Crippen LogP contribution in [0.5, 0.6) is 5.75 Å². The summed E-state index contributed by atoms with van der Waals surface area (Å²) in [4.78, 5) is 24.9. The zero-order valence-corrected chi connectivity index (χ0v) is 19.8. The van der Waals surface area contributed by atoms with Crippen molar-refractivity contribution in [3.05, 3.63) is 83.9 Å². The molecule has 2 amide bonds. The highest BCUT2D eigenvalue weighted by Gasteiger charge is 2.30. The van der Waals surface area contributed by atoms with E-state index < -0.39 is 17.6 Å². The van der Waals surface area contributed by atoms with Crippen molar-refractivity contribution in [3.63, 3.8) is 0 Å². The van der Waals surface area contributed by atoms with Crippen LogP contribution >= 0.6 is 0 Å². The number of carbonyl (C=O) groups is 2. The van der Waals surface area contributed by atoms with E-state index >= 15 is 0 Å². The number of alkyl halides is 3. The van der Waals surface area contributed by atoms with E-state index in [1.54, 1.807) is 36.4 Å². The SMILES string of the molecule is O=C(CNc1cccc(C(=O)Nc2cccc(C(F)(F)F)c2)c1)Nc1ccc(OCC2CCCO2)cc1. The molecule has 37 heavy (non-hydrogen) atoms. The summed E-state index contributed by atoms with van der Waals surface area (Å²) in [6.07, 6.45) is -2.35. The number of benzene rings is 3. The van der Waals surface area contributed by atoms with Crippen LogP contribution in [0.4, 0.5) is 30.2 Å². The van der Waals surface area contributed by atoms with Gasteiger partial charge < -0.3 is 25.4 Å². The van der Waals surface area contributed by atoms with Crippen molar-refractivity contribution in [2.75, 3.05) is 35.7 Å². The number of carbonyl (C=O) groups excluding carboxylic acids is 2. The molecule has 0 saturated carbocycles. The van der Waals surface area contributed by atoms with Gasteiger partial charge in [0.05, 0.1) is 18.2 Å². The number of rotatable bonds is 9. The van der Waals surface area contributed by atoms with Gasteiger partial charge in [-0.1, -0.05) is 12.1 Å². The summed E-state index contributed by atoms with van der Waals surface area (Å²) in [6.45, 7) is 1.20. The fourth-order valence-electron chi connectivity index (χ4n) is 3.73. The minimum atomic E-state index is -4.51. The highest BCUT2D eigenvalue weighted by atomic mass is 19.4. The molecule has 0 aromatic heterocycles. The lowest BCUT2D eigenvalue weighted by atomic mass is 10.1. The van der Waals surface area contributed by atoms with Crippen LogP contribution < -0.4 is 20.7 Å². The molecule has 1 saturated heterocycles. The smallest absolute Gasteiger partial charge is 0.416 e. The van der Waals surface area contributed by atoms with Crippen LogP contribution in [-0.2, 0) is 15.7 Å². The molecule has 1 aliphatic rings. The van der Waals surface area contributed by atoms with Crippen LogP contribution in [0.15, 0.2) is 72.8 Å². The molecule has 1 aliphatic heterocycles. The molecule has 1 heterocycles. The molecule has 10 heteroatoms. The van der Waals surface area contributed by atoms with Crippen molar-refractivity contribution in [3.8, 4) is 5.75 Å². The van der Waals surface area contributed by atoms with Crippen molar-refractivity contribution in [2.45, 2.75) is 25.1 Å². The summed E-state index contributed by atoms with van der Waals surface area (Å²) in [6, 6.07) is 17.7. The first kappa shape index (κ1) is 26.0. The predicted octanol–water partition coefficient (Wildman–Crippen LogP) is 5.57. The molecule has 0 bridgehead atoms. The quantitative estimate of drug-likeness (QED) is 0.348. The summed E-state index contributed by atoms with van der Waals surface area (Å²) in [5.74, 6) is -0.187. The van der Waals surface area contributed by atoms with E-state index in [2.05, 4.69) is 16.0 Å². The van der Waals surface area contributed by atoms with E-state index in [1.165, 1.54) is 24.3 Å². The third-order valence-corrected chi connectivity index (χ3v) is 5.62. The van der Waals surface area contributed by atoms with Crippen LogP contribution in [0, 0.1) is 0 Å². The number of amides is 2. The molecule has 194 valence electrons. The molecule has 3 aromatic rings. The standard InChI is InChI=1S/C27H26F3N3O4/c28-27(29,30)19-5-2-7-22(15-19)33-26(35)18-4-1-6-21(14-18)31-16-25(34)32-20-9-11-23(12-10-20)37-17-24-8-3-13-36-24/h1-2,4-7,9-12,14-15,24,31H,3,8,13,16-17H2,(H,32,34)(H,33,35). The topological polar surface area (TPSA) is 88.7 Å². The van der Waals surface area contributed by atoms with Crippen molar-refractivity contribution >= 4 is 28.9 Å². The van der Waals surface area contributed by atoms with Crippen molar-refractivity contribution in [1.82, 2.24) is 0 Å².